The highest BCUT2D eigenvalue weighted by Gasteiger charge is 2.07. The van der Waals surface area contributed by atoms with Crippen LogP contribution in [0.4, 0.5) is 0 Å². The fourth-order valence-corrected chi connectivity index (χ4v) is 0.750. The van der Waals surface area contributed by atoms with Gasteiger partial charge in [0.15, 0.2) is 5.84 Å². The average molecular weight is 147 g/mol. The van der Waals surface area contributed by atoms with Crippen molar-refractivity contribution in [3.05, 3.63) is 37.8 Å². The number of nitrogens with one attached hydrogen (secondary N) is 1. The number of nitrogens with zero attached hydrogens (tertiary/aromatic N) is 2. The quantitative estimate of drug-likeness (QED) is 0.626. The summed E-state index contributed by atoms with van der Waals surface area (Å²) in [5, 5.41) is 2.91. The molecule has 0 aromatic heterocycles. The third kappa shape index (κ3) is 1.64. The smallest absolute Gasteiger partial charge is 0.155 e. The molecule has 0 aromatic rings. The van der Waals surface area contributed by atoms with E-state index >= 15 is 0 Å². The SMILES string of the molecule is C=C/N=C1/C=CN/C1=N/C=C. The minimum atomic E-state index is 0.708. The summed E-state index contributed by atoms with van der Waals surface area (Å²) in [5.74, 6) is 0.708. The van der Waals surface area contributed by atoms with Crippen LogP contribution in [0, 0.1) is 0 Å². The van der Waals surface area contributed by atoms with Crippen molar-refractivity contribution in [2.75, 3.05) is 0 Å². The molecule has 3 nitrogen and oxygen atoms in total. The van der Waals surface area contributed by atoms with E-state index in [2.05, 4.69) is 28.5 Å². The normalized spacial score (nSPS) is 22.2. The Morgan fingerprint density at radius 3 is 2.64 bits per heavy atom. The Balaban J connectivity index is 2.87. The van der Waals surface area contributed by atoms with E-state index in [0.29, 0.717) is 5.84 Å². The van der Waals surface area contributed by atoms with Crippen molar-refractivity contribution >= 4 is 11.5 Å². The van der Waals surface area contributed by atoms with Crippen LogP contribution in [0.2, 0.25) is 0 Å². The Kier molecular flexibility index (Phi) is 2.38. The molecule has 0 saturated heterocycles. The van der Waals surface area contributed by atoms with Gasteiger partial charge < -0.3 is 5.32 Å². The van der Waals surface area contributed by atoms with Crippen LogP contribution < -0.4 is 5.32 Å². The van der Waals surface area contributed by atoms with Crippen molar-refractivity contribution in [1.29, 1.82) is 0 Å². The molecule has 56 valence electrons. The van der Waals surface area contributed by atoms with Gasteiger partial charge in [0.1, 0.15) is 5.71 Å². The second kappa shape index (κ2) is 3.51. The number of amidine groups is 1. The van der Waals surface area contributed by atoms with Gasteiger partial charge in [-0.1, -0.05) is 13.2 Å². The summed E-state index contributed by atoms with van der Waals surface area (Å²) in [6, 6.07) is 0. The molecular weight excluding hydrogens is 138 g/mol. The Morgan fingerprint density at radius 1 is 1.27 bits per heavy atom. The Labute approximate surface area is 65.6 Å². The molecule has 0 saturated carbocycles. The van der Waals surface area contributed by atoms with Crippen molar-refractivity contribution in [3.63, 3.8) is 0 Å². The molecule has 0 fully saturated rings. The van der Waals surface area contributed by atoms with Gasteiger partial charge in [-0.15, -0.1) is 0 Å². The van der Waals surface area contributed by atoms with Crippen molar-refractivity contribution in [2.45, 2.75) is 0 Å². The lowest BCUT2D eigenvalue weighted by atomic mass is 10.4. The van der Waals surface area contributed by atoms with E-state index in [1.54, 1.807) is 6.20 Å². The van der Waals surface area contributed by atoms with Gasteiger partial charge in [-0.25, -0.2) is 4.99 Å². The minimum Gasteiger partial charge on any atom is -0.345 e. The van der Waals surface area contributed by atoms with E-state index in [9.17, 15) is 0 Å². The third-order valence-electron chi connectivity index (χ3n) is 1.15. The summed E-state index contributed by atoms with van der Waals surface area (Å²) in [6.45, 7) is 6.97. The number of hydrogen-bond acceptors (Lipinski definition) is 2. The van der Waals surface area contributed by atoms with Crippen LogP contribution in [-0.4, -0.2) is 11.5 Å². The highest BCUT2D eigenvalue weighted by atomic mass is 15.0. The lowest BCUT2D eigenvalue weighted by Gasteiger charge is -1.94. The molecule has 1 N–H and O–H groups in total. The zero-order valence-corrected chi connectivity index (χ0v) is 6.12. The van der Waals surface area contributed by atoms with Gasteiger partial charge in [0, 0.05) is 18.6 Å². The van der Waals surface area contributed by atoms with Gasteiger partial charge in [0.05, 0.1) is 0 Å². The molecule has 11 heavy (non-hydrogen) atoms. The van der Waals surface area contributed by atoms with Crippen LogP contribution in [0.1, 0.15) is 0 Å². The predicted octanol–water partition coefficient (Wildman–Crippen LogP) is 1.23. The van der Waals surface area contributed by atoms with Gasteiger partial charge >= 0.3 is 0 Å². The van der Waals surface area contributed by atoms with E-state index in [1.165, 1.54) is 12.4 Å². The summed E-state index contributed by atoms with van der Waals surface area (Å²) in [4.78, 5) is 7.93. The fourth-order valence-electron chi connectivity index (χ4n) is 0.750. The molecular formula is C8H9N3. The molecule has 1 aliphatic heterocycles. The van der Waals surface area contributed by atoms with E-state index in [4.69, 9.17) is 0 Å². The van der Waals surface area contributed by atoms with Gasteiger partial charge in [-0.05, 0) is 6.08 Å². The van der Waals surface area contributed by atoms with E-state index in [-0.39, 0.29) is 0 Å². The van der Waals surface area contributed by atoms with Crippen LogP contribution in [0.15, 0.2) is 47.8 Å². The maximum atomic E-state index is 3.98. The number of rotatable bonds is 2. The molecule has 0 radical (unpaired) electrons. The van der Waals surface area contributed by atoms with Gasteiger partial charge in [0.2, 0.25) is 0 Å². The lowest BCUT2D eigenvalue weighted by molar-refractivity contribution is 1.31. The van der Waals surface area contributed by atoms with Gasteiger partial charge in [0.25, 0.3) is 0 Å². The molecule has 0 spiro atoms. The fraction of sp³-hybridized carbons (Fsp3) is 0. The zero-order valence-electron chi connectivity index (χ0n) is 6.12. The molecule has 0 aliphatic carbocycles. The maximum Gasteiger partial charge on any atom is 0.155 e. The van der Waals surface area contributed by atoms with Crippen LogP contribution in [0.5, 0.6) is 0 Å². The van der Waals surface area contributed by atoms with Crippen LogP contribution in [0.25, 0.3) is 0 Å². The molecule has 0 atom stereocenters. The molecule has 0 aromatic carbocycles. The van der Waals surface area contributed by atoms with E-state index < -0.39 is 0 Å². The van der Waals surface area contributed by atoms with E-state index in [1.807, 2.05) is 6.08 Å². The van der Waals surface area contributed by atoms with Crippen molar-refractivity contribution in [1.82, 2.24) is 5.32 Å². The van der Waals surface area contributed by atoms with Crippen LogP contribution >= 0.6 is 0 Å². The average Bonchev–Trinajstić information content (AvgIpc) is 2.39. The molecule has 0 unspecified atom stereocenters. The maximum absolute atomic E-state index is 3.98. The molecule has 1 rings (SSSR count). The predicted molar refractivity (Wildman–Crippen MR) is 47.5 cm³/mol. The standard InChI is InChI=1S/C8H9N3/c1-3-9-7-5-6-11-8(7)10-4-2/h3-6H,1-2H2,(H,9,10,11). The molecule has 1 aliphatic rings. The zero-order chi connectivity index (χ0) is 8.10. The second-order valence-electron chi connectivity index (χ2n) is 1.83. The highest BCUT2D eigenvalue weighted by molar-refractivity contribution is 6.47. The number of aliphatic imine (C=N–C) groups is 2. The topological polar surface area (TPSA) is 36.8 Å². The van der Waals surface area contributed by atoms with Crippen LogP contribution in [0.3, 0.4) is 0 Å². The van der Waals surface area contributed by atoms with Crippen molar-refractivity contribution in [3.8, 4) is 0 Å². The summed E-state index contributed by atoms with van der Waals surface area (Å²) < 4.78 is 0. The van der Waals surface area contributed by atoms with Crippen molar-refractivity contribution < 1.29 is 0 Å². The van der Waals surface area contributed by atoms with E-state index in [0.717, 1.165) is 5.71 Å². The minimum absolute atomic E-state index is 0.708. The van der Waals surface area contributed by atoms with Crippen LogP contribution in [-0.2, 0) is 0 Å². The van der Waals surface area contributed by atoms with Gasteiger partial charge in [-0.3, -0.25) is 4.99 Å². The highest BCUT2D eigenvalue weighted by Crippen LogP contribution is 1.94. The Bertz CT molecular complexity index is 259. The summed E-state index contributed by atoms with van der Waals surface area (Å²) >= 11 is 0. The first-order chi connectivity index (χ1) is 5.38. The Morgan fingerprint density at radius 2 is 2.00 bits per heavy atom. The first kappa shape index (κ1) is 7.47. The summed E-state index contributed by atoms with van der Waals surface area (Å²) in [5.41, 5.74) is 0.778. The summed E-state index contributed by atoms with van der Waals surface area (Å²) in [6.07, 6.45) is 6.54. The summed E-state index contributed by atoms with van der Waals surface area (Å²) in [7, 11) is 0. The third-order valence-corrected chi connectivity index (χ3v) is 1.15. The molecule has 0 amide bonds. The molecule has 3 heteroatoms. The monoisotopic (exact) mass is 147 g/mol. The lowest BCUT2D eigenvalue weighted by Crippen LogP contribution is -2.18. The van der Waals surface area contributed by atoms with Crippen molar-refractivity contribution in [2.24, 2.45) is 9.98 Å². The Hall–Kier alpha value is -1.64. The molecule has 1 heterocycles. The second-order valence-corrected chi connectivity index (χ2v) is 1.83. The first-order valence-corrected chi connectivity index (χ1v) is 3.19. The number of hydrogen-bond donors (Lipinski definition) is 1. The first-order valence-electron chi connectivity index (χ1n) is 3.19. The molecule has 0 bridgehead atoms. The largest absolute Gasteiger partial charge is 0.345 e. The van der Waals surface area contributed by atoms with Gasteiger partial charge in [-0.2, -0.15) is 0 Å².